The average molecular weight is 344 g/mol. The van der Waals surface area contributed by atoms with E-state index in [1.807, 2.05) is 24.3 Å². The average Bonchev–Trinajstić information content (AvgIpc) is 3.30. The maximum Gasteiger partial charge on any atom is 0.242 e. The van der Waals surface area contributed by atoms with Crippen molar-refractivity contribution in [1.29, 1.82) is 0 Å². The summed E-state index contributed by atoms with van der Waals surface area (Å²) in [5.41, 5.74) is 1.55. The van der Waals surface area contributed by atoms with Gasteiger partial charge in [-0.05, 0) is 31.4 Å². The van der Waals surface area contributed by atoms with Gasteiger partial charge in [-0.3, -0.25) is 14.4 Å². The van der Waals surface area contributed by atoms with Crippen molar-refractivity contribution in [3.63, 3.8) is 0 Å². The van der Waals surface area contributed by atoms with E-state index in [1.165, 1.54) is 4.90 Å². The van der Waals surface area contributed by atoms with Crippen LogP contribution in [0.2, 0.25) is 0 Å². The highest BCUT2D eigenvalue weighted by Gasteiger charge is 2.25. The maximum atomic E-state index is 12.3. The van der Waals surface area contributed by atoms with Crippen LogP contribution in [0, 0.1) is 0 Å². The zero-order chi connectivity index (χ0) is 17.8. The normalized spacial score (nSPS) is 16.7. The fourth-order valence-electron chi connectivity index (χ4n) is 2.87. The summed E-state index contributed by atoms with van der Waals surface area (Å²) in [6.07, 6.45) is 3.46. The Hall–Kier alpha value is -2.57. The largest absolute Gasteiger partial charge is 0.374 e. The van der Waals surface area contributed by atoms with Gasteiger partial charge in [0.1, 0.15) is 0 Å². The van der Waals surface area contributed by atoms with Gasteiger partial charge >= 0.3 is 0 Å². The Morgan fingerprint density at radius 2 is 2.04 bits per heavy atom. The number of anilines is 2. The van der Waals surface area contributed by atoms with Crippen LogP contribution >= 0.6 is 0 Å². The second-order valence-electron chi connectivity index (χ2n) is 6.61. The number of rotatable bonds is 7. The van der Waals surface area contributed by atoms with E-state index >= 15 is 0 Å². The second-order valence-corrected chi connectivity index (χ2v) is 6.61. The van der Waals surface area contributed by atoms with E-state index < -0.39 is 0 Å². The number of amides is 3. The summed E-state index contributed by atoms with van der Waals surface area (Å²) >= 11 is 0. The van der Waals surface area contributed by atoms with Crippen molar-refractivity contribution in [3.05, 3.63) is 24.3 Å². The topological polar surface area (TPSA) is 81.8 Å². The molecule has 25 heavy (non-hydrogen) atoms. The molecular weight excluding hydrogens is 320 g/mol. The number of hydrogen-bond donors (Lipinski definition) is 2. The van der Waals surface area contributed by atoms with Gasteiger partial charge < -0.3 is 20.4 Å². The van der Waals surface area contributed by atoms with Crippen LogP contribution in [0.15, 0.2) is 24.3 Å². The molecule has 3 amide bonds. The lowest BCUT2D eigenvalue weighted by atomic mass is 10.2. The lowest BCUT2D eigenvalue weighted by molar-refractivity contribution is -0.133. The van der Waals surface area contributed by atoms with E-state index in [1.54, 1.807) is 11.9 Å². The molecule has 2 N–H and O–H groups in total. The Kier molecular flexibility index (Phi) is 5.21. The molecule has 2 fully saturated rings. The van der Waals surface area contributed by atoms with E-state index in [0.29, 0.717) is 19.0 Å². The number of carbonyl (C=O) groups excluding carboxylic acids is 3. The van der Waals surface area contributed by atoms with Crippen molar-refractivity contribution >= 4 is 29.1 Å². The SMILES string of the molecule is CN(CC(=O)NC1CC1)C(=O)CNc1ccccc1N1CCCC1=O. The zero-order valence-corrected chi connectivity index (χ0v) is 14.5. The molecule has 1 saturated heterocycles. The molecule has 1 heterocycles. The van der Waals surface area contributed by atoms with Crippen LogP contribution in [-0.2, 0) is 14.4 Å². The molecule has 2 aliphatic rings. The summed E-state index contributed by atoms with van der Waals surface area (Å²) in [6.45, 7) is 0.836. The van der Waals surface area contributed by atoms with E-state index in [9.17, 15) is 14.4 Å². The smallest absolute Gasteiger partial charge is 0.242 e. The number of nitrogens with zero attached hydrogens (tertiary/aromatic N) is 2. The highest BCUT2D eigenvalue weighted by atomic mass is 16.2. The predicted octanol–water partition coefficient (Wildman–Crippen LogP) is 0.962. The molecule has 0 aromatic heterocycles. The third kappa shape index (κ3) is 4.49. The highest BCUT2D eigenvalue weighted by molar-refractivity contribution is 5.98. The Morgan fingerprint density at radius 1 is 1.28 bits per heavy atom. The first-order valence-electron chi connectivity index (χ1n) is 8.71. The summed E-state index contributed by atoms with van der Waals surface area (Å²) in [5, 5.41) is 5.97. The summed E-state index contributed by atoms with van der Waals surface area (Å²) < 4.78 is 0. The van der Waals surface area contributed by atoms with E-state index in [-0.39, 0.29) is 30.8 Å². The molecule has 0 spiro atoms. The van der Waals surface area contributed by atoms with Crippen molar-refractivity contribution in [2.75, 3.05) is 36.9 Å². The molecule has 0 atom stereocenters. The van der Waals surface area contributed by atoms with Gasteiger partial charge in [0, 0.05) is 26.1 Å². The van der Waals surface area contributed by atoms with Crippen LogP contribution < -0.4 is 15.5 Å². The van der Waals surface area contributed by atoms with Crippen LogP contribution in [0.1, 0.15) is 25.7 Å². The van der Waals surface area contributed by atoms with Gasteiger partial charge in [0.05, 0.1) is 24.5 Å². The number of hydrogen-bond acceptors (Lipinski definition) is 4. The molecule has 1 aliphatic carbocycles. The quantitative estimate of drug-likeness (QED) is 0.772. The molecule has 7 heteroatoms. The van der Waals surface area contributed by atoms with Gasteiger partial charge in [0.2, 0.25) is 17.7 Å². The van der Waals surface area contributed by atoms with E-state index in [0.717, 1.165) is 30.6 Å². The second kappa shape index (κ2) is 7.55. The monoisotopic (exact) mass is 344 g/mol. The predicted molar refractivity (Wildman–Crippen MR) is 95.3 cm³/mol. The summed E-state index contributed by atoms with van der Waals surface area (Å²) in [7, 11) is 1.62. The third-order valence-corrected chi connectivity index (χ3v) is 4.45. The number of nitrogens with one attached hydrogen (secondary N) is 2. The van der Waals surface area contributed by atoms with Gasteiger partial charge in [-0.1, -0.05) is 12.1 Å². The fourth-order valence-corrected chi connectivity index (χ4v) is 2.87. The van der Waals surface area contributed by atoms with Crippen molar-refractivity contribution in [2.24, 2.45) is 0 Å². The number of likely N-dealkylation sites (N-methyl/N-ethyl adjacent to an activating group) is 1. The summed E-state index contributed by atoms with van der Waals surface area (Å²) in [4.78, 5) is 39.2. The minimum atomic E-state index is -0.173. The molecule has 7 nitrogen and oxygen atoms in total. The van der Waals surface area contributed by atoms with Gasteiger partial charge in [-0.15, -0.1) is 0 Å². The van der Waals surface area contributed by atoms with Gasteiger partial charge in [0.15, 0.2) is 0 Å². The molecule has 1 aromatic rings. The van der Waals surface area contributed by atoms with Crippen LogP contribution in [-0.4, -0.2) is 55.3 Å². The Bertz CT molecular complexity index is 672. The van der Waals surface area contributed by atoms with Crippen LogP contribution in [0.25, 0.3) is 0 Å². The minimum Gasteiger partial charge on any atom is -0.374 e. The standard InChI is InChI=1S/C18H24N4O3/c1-21(12-16(23)20-13-8-9-13)18(25)11-19-14-5-2-3-6-15(14)22-10-4-7-17(22)24/h2-3,5-6,13,19H,4,7-12H2,1H3,(H,20,23). The first-order chi connectivity index (χ1) is 12.0. The van der Waals surface area contributed by atoms with Crippen LogP contribution in [0.4, 0.5) is 11.4 Å². The molecule has 1 saturated carbocycles. The van der Waals surface area contributed by atoms with Gasteiger partial charge in [0.25, 0.3) is 0 Å². The summed E-state index contributed by atoms with van der Waals surface area (Å²) in [5.74, 6) is -0.190. The lowest BCUT2D eigenvalue weighted by Crippen LogP contribution is -2.41. The Morgan fingerprint density at radius 3 is 2.72 bits per heavy atom. The molecule has 0 bridgehead atoms. The summed E-state index contributed by atoms with van der Waals surface area (Å²) in [6, 6.07) is 7.77. The fraction of sp³-hybridized carbons (Fsp3) is 0.500. The zero-order valence-electron chi connectivity index (χ0n) is 14.5. The third-order valence-electron chi connectivity index (χ3n) is 4.45. The number of carbonyl (C=O) groups is 3. The van der Waals surface area contributed by atoms with Crippen LogP contribution in [0.3, 0.4) is 0 Å². The van der Waals surface area contributed by atoms with Crippen molar-refractivity contribution < 1.29 is 14.4 Å². The molecule has 0 radical (unpaired) electrons. The number of para-hydroxylation sites is 2. The minimum absolute atomic E-state index is 0.0588. The Labute approximate surface area is 147 Å². The van der Waals surface area contributed by atoms with E-state index in [2.05, 4.69) is 10.6 Å². The first-order valence-corrected chi connectivity index (χ1v) is 8.71. The van der Waals surface area contributed by atoms with Crippen molar-refractivity contribution in [2.45, 2.75) is 31.7 Å². The van der Waals surface area contributed by atoms with Crippen molar-refractivity contribution in [3.8, 4) is 0 Å². The molecule has 134 valence electrons. The lowest BCUT2D eigenvalue weighted by Gasteiger charge is -2.21. The molecule has 0 unspecified atom stereocenters. The molecule has 1 aromatic carbocycles. The van der Waals surface area contributed by atoms with E-state index in [4.69, 9.17) is 0 Å². The number of benzene rings is 1. The van der Waals surface area contributed by atoms with Gasteiger partial charge in [-0.25, -0.2) is 0 Å². The maximum absolute atomic E-state index is 12.3. The molecule has 1 aliphatic heterocycles. The highest BCUT2D eigenvalue weighted by Crippen LogP contribution is 2.29. The first kappa shape index (κ1) is 17.3. The molecular formula is C18H24N4O3. The Balaban J connectivity index is 1.54. The van der Waals surface area contributed by atoms with Crippen molar-refractivity contribution in [1.82, 2.24) is 10.2 Å². The van der Waals surface area contributed by atoms with Gasteiger partial charge in [-0.2, -0.15) is 0 Å². The van der Waals surface area contributed by atoms with Crippen LogP contribution in [0.5, 0.6) is 0 Å². The molecule has 3 rings (SSSR count).